The van der Waals surface area contributed by atoms with Gasteiger partial charge in [-0.2, -0.15) is 0 Å². The Hall–Kier alpha value is -0.460. The van der Waals surface area contributed by atoms with Crippen molar-refractivity contribution in [1.29, 1.82) is 0 Å². The van der Waals surface area contributed by atoms with Crippen LogP contribution in [0.1, 0.15) is 24.3 Å². The molecular formula is C14H15FINS. The number of benzene rings is 1. The van der Waals surface area contributed by atoms with Crippen LogP contribution in [0.15, 0.2) is 30.3 Å². The van der Waals surface area contributed by atoms with E-state index < -0.39 is 0 Å². The maximum Gasteiger partial charge on any atom is 0.124 e. The van der Waals surface area contributed by atoms with E-state index >= 15 is 0 Å². The molecule has 1 aromatic heterocycles. The van der Waals surface area contributed by atoms with Gasteiger partial charge in [0.25, 0.3) is 0 Å². The number of hydrogen-bond donors (Lipinski definition) is 1. The van der Waals surface area contributed by atoms with Gasteiger partial charge in [-0.1, -0.05) is 6.92 Å². The van der Waals surface area contributed by atoms with Crippen molar-refractivity contribution in [3.05, 3.63) is 44.6 Å². The zero-order valence-corrected chi connectivity index (χ0v) is 13.3. The Morgan fingerprint density at radius 1 is 1.33 bits per heavy atom. The van der Waals surface area contributed by atoms with Gasteiger partial charge < -0.3 is 5.32 Å². The normalized spacial score (nSPS) is 12.7. The van der Waals surface area contributed by atoms with Gasteiger partial charge in [0.1, 0.15) is 5.82 Å². The Labute approximate surface area is 125 Å². The second kappa shape index (κ2) is 6.12. The van der Waals surface area contributed by atoms with Gasteiger partial charge >= 0.3 is 0 Å². The lowest BCUT2D eigenvalue weighted by Crippen LogP contribution is -2.13. The van der Waals surface area contributed by atoms with Crippen molar-refractivity contribution in [2.45, 2.75) is 19.4 Å². The van der Waals surface area contributed by atoms with Crippen molar-refractivity contribution in [2.75, 3.05) is 7.05 Å². The van der Waals surface area contributed by atoms with Crippen molar-refractivity contribution in [3.63, 3.8) is 0 Å². The predicted octanol–water partition coefficient (Wildman–Crippen LogP) is 4.83. The summed E-state index contributed by atoms with van der Waals surface area (Å²) in [6.45, 7) is 2.17. The zero-order valence-electron chi connectivity index (χ0n) is 10.3. The van der Waals surface area contributed by atoms with E-state index in [4.69, 9.17) is 0 Å². The molecule has 0 saturated heterocycles. The fourth-order valence-corrected chi connectivity index (χ4v) is 4.11. The molecule has 0 bridgehead atoms. The molecule has 2 aromatic rings. The Kier molecular flexibility index (Phi) is 4.75. The maximum atomic E-state index is 13.1. The summed E-state index contributed by atoms with van der Waals surface area (Å²) in [7, 11) is 1.98. The van der Waals surface area contributed by atoms with E-state index in [1.807, 2.05) is 13.1 Å². The average Bonchev–Trinajstić information content (AvgIpc) is 2.80. The minimum Gasteiger partial charge on any atom is -0.312 e. The molecule has 0 radical (unpaired) electrons. The second-order valence-corrected chi connectivity index (χ2v) is 6.35. The van der Waals surface area contributed by atoms with E-state index in [9.17, 15) is 4.39 Å². The average molecular weight is 375 g/mol. The van der Waals surface area contributed by atoms with Crippen molar-refractivity contribution in [1.82, 2.24) is 5.32 Å². The number of thiophene rings is 1. The molecule has 1 unspecified atom stereocenters. The molecule has 1 atom stereocenters. The number of rotatable bonds is 4. The summed E-state index contributed by atoms with van der Waals surface area (Å²) < 4.78 is 14.1. The highest BCUT2D eigenvalue weighted by Gasteiger charge is 2.12. The van der Waals surface area contributed by atoms with E-state index in [-0.39, 0.29) is 5.82 Å². The molecule has 0 aliphatic heterocycles. The summed E-state index contributed by atoms with van der Waals surface area (Å²) in [5, 5.41) is 3.31. The molecule has 2 rings (SSSR count). The quantitative estimate of drug-likeness (QED) is 0.755. The van der Waals surface area contributed by atoms with Crippen LogP contribution < -0.4 is 5.32 Å². The molecule has 96 valence electrons. The lowest BCUT2D eigenvalue weighted by atomic mass is 10.1. The highest BCUT2D eigenvalue weighted by Crippen LogP contribution is 2.34. The number of halogens is 2. The van der Waals surface area contributed by atoms with Gasteiger partial charge in [-0.3, -0.25) is 0 Å². The highest BCUT2D eigenvalue weighted by molar-refractivity contribution is 14.1. The van der Waals surface area contributed by atoms with Gasteiger partial charge in [-0.05, 0) is 66.4 Å². The summed E-state index contributed by atoms with van der Waals surface area (Å²) in [6, 6.07) is 9.63. The topological polar surface area (TPSA) is 12.0 Å². The lowest BCUT2D eigenvalue weighted by molar-refractivity contribution is 0.586. The first-order valence-electron chi connectivity index (χ1n) is 5.88. The van der Waals surface area contributed by atoms with E-state index in [0.717, 1.165) is 15.6 Å². The summed E-state index contributed by atoms with van der Waals surface area (Å²) in [5.74, 6) is -0.179. The van der Waals surface area contributed by atoms with Crippen molar-refractivity contribution < 1.29 is 4.39 Å². The van der Waals surface area contributed by atoms with Crippen molar-refractivity contribution in [2.24, 2.45) is 0 Å². The second-order valence-electron chi connectivity index (χ2n) is 4.08. The van der Waals surface area contributed by atoms with Gasteiger partial charge in [0.05, 0.1) is 0 Å². The van der Waals surface area contributed by atoms with Crippen LogP contribution in [0, 0.1) is 9.39 Å². The van der Waals surface area contributed by atoms with Crippen LogP contribution >= 0.6 is 33.9 Å². The molecule has 0 saturated carbocycles. The minimum absolute atomic E-state index is 0.179. The molecule has 1 nitrogen and oxygen atoms in total. The summed E-state index contributed by atoms with van der Waals surface area (Å²) in [4.78, 5) is 2.53. The van der Waals surface area contributed by atoms with Crippen LogP contribution in [0.3, 0.4) is 0 Å². The maximum absolute atomic E-state index is 13.1. The highest BCUT2D eigenvalue weighted by atomic mass is 127. The minimum atomic E-state index is -0.179. The van der Waals surface area contributed by atoms with Crippen LogP contribution in [0.4, 0.5) is 4.39 Å². The standard InChI is InChI=1S/C14H15FINS/c1-3-12(17-2)14-7-6-13(18-14)10-5-4-9(15)8-11(10)16/h4-8,12,17H,3H2,1-2H3. The fourth-order valence-electron chi connectivity index (χ4n) is 1.92. The predicted molar refractivity (Wildman–Crippen MR) is 84.5 cm³/mol. The Bertz CT molecular complexity index is 534. The van der Waals surface area contributed by atoms with Crippen LogP contribution in [0.25, 0.3) is 10.4 Å². The molecule has 0 amide bonds. The molecule has 1 aromatic carbocycles. The Morgan fingerprint density at radius 3 is 2.72 bits per heavy atom. The number of hydrogen-bond acceptors (Lipinski definition) is 2. The van der Waals surface area contributed by atoms with Crippen LogP contribution in [0.2, 0.25) is 0 Å². The first-order chi connectivity index (χ1) is 8.65. The van der Waals surface area contributed by atoms with Crippen LogP contribution in [-0.2, 0) is 0 Å². The third-order valence-electron chi connectivity index (χ3n) is 2.92. The van der Waals surface area contributed by atoms with E-state index in [1.165, 1.54) is 15.8 Å². The molecule has 0 aliphatic carbocycles. The number of nitrogens with one attached hydrogen (secondary N) is 1. The smallest absolute Gasteiger partial charge is 0.124 e. The zero-order chi connectivity index (χ0) is 13.1. The summed E-state index contributed by atoms with van der Waals surface area (Å²) in [6.07, 6.45) is 1.07. The van der Waals surface area contributed by atoms with E-state index in [0.29, 0.717) is 6.04 Å². The van der Waals surface area contributed by atoms with Gasteiger partial charge in [-0.25, -0.2) is 4.39 Å². The molecular weight excluding hydrogens is 360 g/mol. The summed E-state index contributed by atoms with van der Waals surface area (Å²) in [5.41, 5.74) is 1.11. The van der Waals surface area contributed by atoms with E-state index in [2.05, 4.69) is 47.0 Å². The third kappa shape index (κ3) is 2.92. The van der Waals surface area contributed by atoms with E-state index in [1.54, 1.807) is 17.4 Å². The molecule has 1 N–H and O–H groups in total. The van der Waals surface area contributed by atoms with Crippen molar-refractivity contribution >= 4 is 33.9 Å². The lowest BCUT2D eigenvalue weighted by Gasteiger charge is -2.10. The van der Waals surface area contributed by atoms with Crippen LogP contribution in [-0.4, -0.2) is 7.05 Å². The Morgan fingerprint density at radius 2 is 2.11 bits per heavy atom. The fraction of sp³-hybridized carbons (Fsp3) is 0.286. The first kappa shape index (κ1) is 14.0. The van der Waals surface area contributed by atoms with Gasteiger partial charge in [0, 0.05) is 24.9 Å². The molecule has 1 heterocycles. The third-order valence-corrected chi connectivity index (χ3v) is 5.05. The van der Waals surface area contributed by atoms with Gasteiger partial charge in [-0.15, -0.1) is 11.3 Å². The van der Waals surface area contributed by atoms with Crippen molar-refractivity contribution in [3.8, 4) is 10.4 Å². The molecule has 4 heteroatoms. The molecule has 18 heavy (non-hydrogen) atoms. The van der Waals surface area contributed by atoms with Crippen LogP contribution in [0.5, 0.6) is 0 Å². The molecule has 0 fully saturated rings. The van der Waals surface area contributed by atoms with Gasteiger partial charge in [0.2, 0.25) is 0 Å². The largest absolute Gasteiger partial charge is 0.312 e. The first-order valence-corrected chi connectivity index (χ1v) is 7.77. The Balaban J connectivity index is 2.34. The van der Waals surface area contributed by atoms with Gasteiger partial charge in [0.15, 0.2) is 0 Å². The molecule has 0 aliphatic rings. The summed E-state index contributed by atoms with van der Waals surface area (Å²) >= 11 is 3.96. The monoisotopic (exact) mass is 375 g/mol. The SMILES string of the molecule is CCC(NC)c1ccc(-c2ccc(F)cc2I)s1. The molecule has 0 spiro atoms.